The van der Waals surface area contributed by atoms with Crippen molar-refractivity contribution in [2.24, 2.45) is 17.6 Å². The van der Waals surface area contributed by atoms with Gasteiger partial charge in [-0.2, -0.15) is 0 Å². The van der Waals surface area contributed by atoms with Gasteiger partial charge in [0.2, 0.25) is 41.4 Å². The Morgan fingerprint density at radius 1 is 0.747 bits per heavy atom. The number of nitrogens with zero attached hydrogens (tertiary/aromatic N) is 3. The molecule has 0 radical (unpaired) electrons. The lowest BCUT2D eigenvalue weighted by Gasteiger charge is -2.32. The fraction of sp³-hybridized carbons (Fsp3) is 0.466. The topological polar surface area (TPSA) is 362 Å². The van der Waals surface area contributed by atoms with Crippen molar-refractivity contribution in [2.75, 3.05) is 26.7 Å². The number of imidazole rings is 1. The Bertz CT molecular complexity index is 2810. The molecule has 83 heavy (non-hydrogen) atoms. The van der Waals surface area contributed by atoms with Gasteiger partial charge in [0.1, 0.15) is 67.8 Å². The molecule has 4 aromatic rings. The number of carbonyl (C=O) groups excluding carboxylic acids is 9. The molecule has 25 heteroatoms. The van der Waals surface area contributed by atoms with Crippen LogP contribution in [0, 0.1) is 17.2 Å². The van der Waals surface area contributed by atoms with Crippen LogP contribution < -0.4 is 43.0 Å². The van der Waals surface area contributed by atoms with E-state index in [1.54, 1.807) is 82.4 Å². The third kappa shape index (κ3) is 20.8. The van der Waals surface area contributed by atoms with E-state index in [-0.39, 0.29) is 70.1 Å². The Hall–Kier alpha value is -9.03. The van der Waals surface area contributed by atoms with Crippen molar-refractivity contribution in [3.05, 3.63) is 120 Å². The van der Waals surface area contributed by atoms with Gasteiger partial charge in [0.05, 0.1) is 12.0 Å². The largest absolute Gasteiger partial charge is 0.508 e. The van der Waals surface area contributed by atoms with Crippen molar-refractivity contribution in [2.45, 2.75) is 135 Å². The standard InChI is InChI=1S/C58H79N13O12/c1-7-36(4)49(54(78)67-45(29-41-30-61-34-63-41)55(79)71-27-15-21-46(71)52(76)64-37(5)56(80)82-32-39-16-10-8-11-17-39)69-51(75)44(28-38-22-24-42(72)25-23-38)66-53(77)48(35(2)3)68-50(74)43(20-14-26-62-57(59)60)65-47(73)31-70(6)58(81)83-33-40-18-12-9-13-19-40/h8-13,16-19,22-25,30,34-37,43-46,48-49,72H,7,14-15,20-21,26-29,31-33H2,1-6H3,(H,61,63)(H,64,76)(H,65,73)(H,66,77)(H,67,78)(H,68,74)(H,69,75)(H4,59,60,62)/t36?,37-,43+,44+,45+,46+,48+,49+/m1/s1. The highest BCUT2D eigenvalue weighted by Crippen LogP contribution is 2.21. The van der Waals surface area contributed by atoms with Crippen molar-refractivity contribution in [1.29, 1.82) is 5.41 Å². The third-order valence-electron chi connectivity index (χ3n) is 13.9. The molecule has 12 N–H and O–H groups in total. The Labute approximate surface area is 482 Å². The lowest BCUT2D eigenvalue weighted by molar-refractivity contribution is -0.149. The van der Waals surface area contributed by atoms with E-state index in [0.717, 1.165) is 16.0 Å². The lowest BCUT2D eigenvalue weighted by atomic mass is 9.96. The molecule has 1 unspecified atom stereocenters. The number of phenols is 1. The zero-order chi connectivity index (χ0) is 60.6. The number of benzene rings is 3. The van der Waals surface area contributed by atoms with Gasteiger partial charge < -0.3 is 72.3 Å². The maximum absolute atomic E-state index is 14.7. The first-order valence-electron chi connectivity index (χ1n) is 27.7. The first-order valence-corrected chi connectivity index (χ1v) is 27.7. The summed E-state index contributed by atoms with van der Waals surface area (Å²) in [5.41, 5.74) is 7.87. The first kappa shape index (κ1) is 64.8. The molecule has 0 bridgehead atoms. The number of hydrogen-bond donors (Lipinski definition) is 11. The van der Waals surface area contributed by atoms with Gasteiger partial charge in [0.15, 0.2) is 5.96 Å². The summed E-state index contributed by atoms with van der Waals surface area (Å²) in [6, 6.07) is 15.3. The van der Waals surface area contributed by atoms with Crippen molar-refractivity contribution >= 4 is 59.4 Å². The van der Waals surface area contributed by atoms with E-state index in [4.69, 9.17) is 20.6 Å². The quantitative estimate of drug-likeness (QED) is 0.0154. The summed E-state index contributed by atoms with van der Waals surface area (Å²) < 4.78 is 10.7. The van der Waals surface area contributed by atoms with Crippen LogP contribution in [0.1, 0.15) is 89.1 Å². The molecule has 8 amide bonds. The van der Waals surface area contributed by atoms with Crippen LogP contribution in [0.4, 0.5) is 4.79 Å². The van der Waals surface area contributed by atoms with E-state index < -0.39 is 114 Å². The van der Waals surface area contributed by atoms with Crippen molar-refractivity contribution in [1.82, 2.24) is 57.0 Å². The van der Waals surface area contributed by atoms with Crippen LogP contribution in [0.15, 0.2) is 97.5 Å². The zero-order valence-corrected chi connectivity index (χ0v) is 47.8. The predicted octanol–water partition coefficient (Wildman–Crippen LogP) is 1.80. The molecular weight excluding hydrogens is 1070 g/mol. The third-order valence-corrected chi connectivity index (χ3v) is 13.9. The van der Waals surface area contributed by atoms with Gasteiger partial charge >= 0.3 is 12.1 Å². The number of nitrogens with two attached hydrogens (primary N) is 1. The summed E-state index contributed by atoms with van der Waals surface area (Å²) in [4.78, 5) is 135. The maximum atomic E-state index is 14.7. The molecule has 25 nitrogen and oxygen atoms in total. The van der Waals surface area contributed by atoms with E-state index in [1.165, 1.54) is 37.3 Å². The zero-order valence-electron chi connectivity index (χ0n) is 47.8. The number of aromatic amines is 1. The summed E-state index contributed by atoms with van der Waals surface area (Å²) >= 11 is 0. The number of likely N-dealkylation sites (N-methyl/N-ethyl adjacent to an activating group) is 1. The number of rotatable bonds is 30. The van der Waals surface area contributed by atoms with Crippen molar-refractivity contribution in [3.63, 3.8) is 0 Å². The van der Waals surface area contributed by atoms with Gasteiger partial charge in [0, 0.05) is 39.2 Å². The lowest BCUT2D eigenvalue weighted by Crippen LogP contribution is -2.62. The number of esters is 1. The molecule has 8 atom stereocenters. The molecule has 1 fully saturated rings. The second kappa shape index (κ2) is 32.4. The van der Waals surface area contributed by atoms with E-state index in [2.05, 4.69) is 47.2 Å². The minimum absolute atomic E-state index is 0.000389. The smallest absolute Gasteiger partial charge is 0.410 e. The van der Waals surface area contributed by atoms with Gasteiger partial charge in [0.25, 0.3) is 0 Å². The summed E-state index contributed by atoms with van der Waals surface area (Å²) in [6.07, 6.45) is 3.24. The summed E-state index contributed by atoms with van der Waals surface area (Å²) in [5, 5.41) is 36.7. The summed E-state index contributed by atoms with van der Waals surface area (Å²) in [6.45, 7) is 8.12. The number of ether oxygens (including phenoxy) is 2. The molecule has 1 aliphatic heterocycles. The summed E-state index contributed by atoms with van der Waals surface area (Å²) in [7, 11) is 1.35. The predicted molar refractivity (Wildman–Crippen MR) is 305 cm³/mol. The van der Waals surface area contributed by atoms with Crippen LogP contribution in [0.2, 0.25) is 0 Å². The molecule has 0 saturated carbocycles. The van der Waals surface area contributed by atoms with Crippen LogP contribution >= 0.6 is 0 Å². The number of guanidine groups is 1. The number of aromatic hydroxyl groups is 1. The molecule has 1 aromatic heterocycles. The molecule has 1 aliphatic rings. The highest BCUT2D eigenvalue weighted by molar-refractivity contribution is 5.98. The van der Waals surface area contributed by atoms with E-state index in [0.29, 0.717) is 24.1 Å². The van der Waals surface area contributed by atoms with Crippen molar-refractivity contribution in [3.8, 4) is 5.75 Å². The number of likely N-dealkylation sites (tertiary alicyclic amines) is 1. The van der Waals surface area contributed by atoms with E-state index >= 15 is 0 Å². The van der Waals surface area contributed by atoms with E-state index in [1.807, 2.05) is 24.3 Å². The second-order valence-electron chi connectivity index (χ2n) is 20.9. The molecule has 5 rings (SSSR count). The highest BCUT2D eigenvalue weighted by atomic mass is 16.6. The Morgan fingerprint density at radius 2 is 1.35 bits per heavy atom. The molecule has 0 spiro atoms. The fourth-order valence-corrected chi connectivity index (χ4v) is 9.03. The molecular formula is C58H79N13O12. The average molecular weight is 1150 g/mol. The molecule has 0 aliphatic carbocycles. The van der Waals surface area contributed by atoms with Gasteiger partial charge in [-0.1, -0.05) is 107 Å². The van der Waals surface area contributed by atoms with Gasteiger partial charge in [-0.3, -0.25) is 39.0 Å². The summed E-state index contributed by atoms with van der Waals surface area (Å²) in [5.74, 6) is -7.23. The number of H-pyrrole nitrogens is 1. The minimum Gasteiger partial charge on any atom is -0.508 e. The molecule has 2 heterocycles. The second-order valence-corrected chi connectivity index (χ2v) is 20.9. The first-order chi connectivity index (χ1) is 39.6. The van der Waals surface area contributed by atoms with Gasteiger partial charge in [-0.05, 0) is 73.3 Å². The molecule has 3 aromatic carbocycles. The average Bonchev–Trinajstić information content (AvgIpc) is 4.41. The van der Waals surface area contributed by atoms with Crippen LogP contribution in [0.3, 0.4) is 0 Å². The van der Waals surface area contributed by atoms with Crippen LogP contribution in [0.5, 0.6) is 5.75 Å². The normalized spacial score (nSPS) is 15.4. The SMILES string of the molecule is CCC(C)[C@H](NC(=O)[C@H](Cc1ccc(O)cc1)NC(=O)[C@@H](NC(=O)[C@H](CCCNC(=N)N)NC(=O)CN(C)C(=O)OCc1ccccc1)C(C)C)C(=O)N[C@@H](Cc1c[nH]cn1)C(=O)N1CCC[C@H]1C(=O)N[C@H](C)C(=O)OCc1ccccc1. The number of hydrogen-bond acceptors (Lipinski definition) is 14. The van der Waals surface area contributed by atoms with E-state index in [9.17, 15) is 48.3 Å². The van der Waals surface area contributed by atoms with Crippen LogP contribution in [-0.2, 0) is 73.9 Å². The fourth-order valence-electron chi connectivity index (χ4n) is 9.03. The Balaban J connectivity index is 1.32. The van der Waals surface area contributed by atoms with Gasteiger partial charge in [-0.25, -0.2) is 14.6 Å². The van der Waals surface area contributed by atoms with Gasteiger partial charge in [-0.15, -0.1) is 0 Å². The Morgan fingerprint density at radius 3 is 1.95 bits per heavy atom. The Kier molecular flexibility index (Phi) is 25.3. The number of carbonyl (C=O) groups is 9. The van der Waals surface area contributed by atoms with Crippen LogP contribution in [0.25, 0.3) is 0 Å². The number of phenolic OH excluding ortho intramolecular Hbond substituents is 1. The van der Waals surface area contributed by atoms with Crippen LogP contribution in [-0.4, -0.2) is 153 Å². The monoisotopic (exact) mass is 1150 g/mol. The number of amides is 8. The maximum Gasteiger partial charge on any atom is 0.410 e. The highest BCUT2D eigenvalue weighted by Gasteiger charge is 2.41. The number of nitrogens with one attached hydrogen (secondary N) is 9. The molecule has 448 valence electrons. The minimum atomic E-state index is -1.40. The number of aromatic nitrogens is 2. The molecule has 1 saturated heterocycles. The van der Waals surface area contributed by atoms with Crippen molar-refractivity contribution < 1.29 is 57.7 Å².